The van der Waals surface area contributed by atoms with Gasteiger partial charge in [0.25, 0.3) is 5.91 Å². The van der Waals surface area contributed by atoms with Crippen molar-refractivity contribution in [2.24, 2.45) is 5.92 Å². The highest BCUT2D eigenvalue weighted by atomic mass is 16.5. The number of fused-ring (bicyclic) bond motifs is 1. The number of nitrogens with zero attached hydrogens (tertiary/aromatic N) is 5. The second-order valence-electron chi connectivity index (χ2n) is 10.5. The molecule has 5 aromatic rings. The minimum absolute atomic E-state index is 0.230. The van der Waals surface area contributed by atoms with Gasteiger partial charge < -0.3 is 25.0 Å². The van der Waals surface area contributed by atoms with Crippen LogP contribution in [0.25, 0.3) is 22.6 Å². The number of benzene rings is 2. The van der Waals surface area contributed by atoms with E-state index in [4.69, 9.17) is 14.8 Å². The fourth-order valence-electron chi connectivity index (χ4n) is 5.17. The number of rotatable bonds is 8. The maximum Gasteiger partial charge on any atom is 0.258 e. The summed E-state index contributed by atoms with van der Waals surface area (Å²) in [6.45, 7) is 4.44. The number of hydrogen-bond donors (Lipinski definition) is 3. The molecule has 1 fully saturated rings. The third-order valence-corrected chi connectivity index (χ3v) is 7.60. The zero-order chi connectivity index (χ0) is 28.3. The first kappa shape index (κ1) is 26.5. The maximum absolute atomic E-state index is 13.2. The number of aromatic amines is 1. The monoisotopic (exact) mass is 551 g/mol. The molecule has 1 saturated heterocycles. The van der Waals surface area contributed by atoms with Gasteiger partial charge in [0.2, 0.25) is 0 Å². The number of aryl methyl sites for hydroxylation is 1. The van der Waals surface area contributed by atoms with E-state index in [1.807, 2.05) is 66.2 Å². The molecule has 0 radical (unpaired) electrons. The molecule has 210 valence electrons. The van der Waals surface area contributed by atoms with Crippen molar-refractivity contribution < 1.29 is 14.6 Å². The van der Waals surface area contributed by atoms with E-state index < -0.39 is 0 Å². The van der Waals surface area contributed by atoms with Crippen molar-refractivity contribution in [3.05, 3.63) is 83.6 Å². The van der Waals surface area contributed by atoms with Crippen molar-refractivity contribution in [2.75, 3.05) is 37.0 Å². The number of pyridine rings is 1. The predicted octanol–water partition coefficient (Wildman–Crippen LogP) is 4.65. The van der Waals surface area contributed by atoms with Crippen molar-refractivity contribution in [2.45, 2.75) is 26.3 Å². The van der Waals surface area contributed by atoms with Crippen molar-refractivity contribution in [1.29, 1.82) is 0 Å². The van der Waals surface area contributed by atoms with Crippen LogP contribution in [0.1, 0.15) is 34.3 Å². The number of ether oxygens (including phenoxy) is 1. The molecule has 0 bridgehead atoms. The molecule has 2 aromatic carbocycles. The van der Waals surface area contributed by atoms with E-state index in [9.17, 15) is 9.90 Å². The molecule has 0 spiro atoms. The molecular weight excluding hydrogens is 518 g/mol. The normalized spacial score (nSPS) is 14.0. The second-order valence-corrected chi connectivity index (χ2v) is 10.5. The van der Waals surface area contributed by atoms with Gasteiger partial charge in [-0.3, -0.25) is 9.48 Å². The van der Waals surface area contributed by atoms with Crippen LogP contribution in [0.2, 0.25) is 0 Å². The van der Waals surface area contributed by atoms with Gasteiger partial charge in [0.15, 0.2) is 11.6 Å². The summed E-state index contributed by atoms with van der Waals surface area (Å²) >= 11 is 0. The number of aromatic nitrogens is 5. The van der Waals surface area contributed by atoms with Crippen LogP contribution in [-0.4, -0.2) is 62.6 Å². The lowest BCUT2D eigenvalue weighted by atomic mass is 9.98. The lowest BCUT2D eigenvalue weighted by molar-refractivity contribution is 0.102. The third kappa shape index (κ3) is 5.78. The summed E-state index contributed by atoms with van der Waals surface area (Å²) in [6.07, 6.45) is 3.47. The molecule has 10 nitrogen and oxygen atoms in total. The van der Waals surface area contributed by atoms with Gasteiger partial charge in [-0.25, -0.2) is 9.97 Å². The van der Waals surface area contributed by atoms with E-state index in [2.05, 4.69) is 20.2 Å². The lowest BCUT2D eigenvalue weighted by Crippen LogP contribution is -2.35. The van der Waals surface area contributed by atoms with Crippen LogP contribution in [-0.2, 0) is 6.54 Å². The SMILES string of the molecule is COc1ccc(Cn2nc(NC(=O)c3ccc(N4CCC(CO)CC4)nc3)cc2-c2nc3cc(C)ccc3[nH]2)cc1. The average Bonchev–Trinajstić information content (AvgIpc) is 3.60. The van der Waals surface area contributed by atoms with E-state index in [1.165, 1.54) is 0 Å². The molecule has 0 unspecified atom stereocenters. The Morgan fingerprint density at radius 1 is 1.10 bits per heavy atom. The van der Waals surface area contributed by atoms with Crippen LogP contribution in [0.5, 0.6) is 5.75 Å². The Balaban J connectivity index is 1.24. The quantitative estimate of drug-likeness (QED) is 0.257. The Morgan fingerprint density at radius 3 is 2.61 bits per heavy atom. The van der Waals surface area contributed by atoms with Crippen LogP contribution in [0.4, 0.5) is 11.6 Å². The minimum atomic E-state index is -0.288. The highest BCUT2D eigenvalue weighted by Crippen LogP contribution is 2.26. The van der Waals surface area contributed by atoms with Crippen molar-refractivity contribution in [3.63, 3.8) is 0 Å². The molecule has 3 N–H and O–H groups in total. The number of hydrogen-bond acceptors (Lipinski definition) is 7. The molecule has 6 rings (SSSR count). The smallest absolute Gasteiger partial charge is 0.258 e. The first-order valence-electron chi connectivity index (χ1n) is 13.8. The van der Waals surface area contributed by atoms with Gasteiger partial charge in [-0.1, -0.05) is 18.2 Å². The lowest BCUT2D eigenvalue weighted by Gasteiger charge is -2.31. The van der Waals surface area contributed by atoms with Crippen LogP contribution >= 0.6 is 0 Å². The Kier molecular flexibility index (Phi) is 7.39. The Hall–Kier alpha value is -4.70. The van der Waals surface area contributed by atoms with E-state index in [0.29, 0.717) is 29.7 Å². The summed E-state index contributed by atoms with van der Waals surface area (Å²) in [4.78, 5) is 28.1. The predicted molar refractivity (Wildman–Crippen MR) is 158 cm³/mol. The number of nitrogens with one attached hydrogen (secondary N) is 2. The summed E-state index contributed by atoms with van der Waals surface area (Å²) in [6, 6.07) is 19.4. The van der Waals surface area contributed by atoms with Gasteiger partial charge in [0.05, 0.1) is 30.3 Å². The van der Waals surface area contributed by atoms with Crippen molar-refractivity contribution in [3.8, 4) is 17.3 Å². The molecule has 41 heavy (non-hydrogen) atoms. The molecule has 3 aromatic heterocycles. The summed E-state index contributed by atoms with van der Waals surface area (Å²) in [5.74, 6) is 2.78. The number of carbonyl (C=O) groups is 1. The molecule has 1 aliphatic rings. The van der Waals surface area contributed by atoms with Crippen LogP contribution in [0.15, 0.2) is 66.9 Å². The number of carbonyl (C=O) groups excluding carboxylic acids is 1. The fourth-order valence-corrected chi connectivity index (χ4v) is 5.17. The van der Waals surface area contributed by atoms with Crippen LogP contribution < -0.4 is 15.0 Å². The molecule has 4 heterocycles. The zero-order valence-electron chi connectivity index (χ0n) is 23.2. The van der Waals surface area contributed by atoms with Crippen LogP contribution in [0.3, 0.4) is 0 Å². The zero-order valence-corrected chi connectivity index (χ0v) is 23.2. The van der Waals surface area contributed by atoms with Gasteiger partial charge in [0, 0.05) is 32.0 Å². The van der Waals surface area contributed by atoms with Crippen molar-refractivity contribution >= 4 is 28.6 Å². The molecule has 10 heteroatoms. The maximum atomic E-state index is 13.2. The Morgan fingerprint density at radius 2 is 1.90 bits per heavy atom. The van der Waals surface area contributed by atoms with E-state index >= 15 is 0 Å². The first-order valence-corrected chi connectivity index (χ1v) is 13.8. The van der Waals surface area contributed by atoms with Crippen LogP contribution in [0, 0.1) is 12.8 Å². The highest BCUT2D eigenvalue weighted by molar-refractivity contribution is 6.03. The highest BCUT2D eigenvalue weighted by Gasteiger charge is 2.20. The van der Waals surface area contributed by atoms with E-state index in [0.717, 1.165) is 65.4 Å². The molecule has 1 aliphatic heterocycles. The molecule has 0 atom stereocenters. The number of aliphatic hydroxyl groups excluding tert-OH is 1. The standard InChI is InChI=1S/C31H33N7O3/c1-20-3-9-25-26(15-20)34-30(33-25)27-16-28(36-38(27)18-21-4-7-24(41-2)8-5-21)35-31(40)23-6-10-29(32-17-23)37-13-11-22(19-39)12-14-37/h3-10,15-17,22,39H,11-14,18-19H2,1-2H3,(H,33,34)(H,35,36,40). The topological polar surface area (TPSA) is 121 Å². The van der Waals surface area contributed by atoms with E-state index in [1.54, 1.807) is 19.4 Å². The fraction of sp³-hybridized carbons (Fsp3) is 0.290. The average molecular weight is 552 g/mol. The minimum Gasteiger partial charge on any atom is -0.497 e. The number of aliphatic hydroxyl groups is 1. The molecular formula is C31H33N7O3. The summed E-state index contributed by atoms with van der Waals surface area (Å²) in [5, 5.41) is 17.1. The number of anilines is 2. The van der Waals surface area contributed by atoms with Gasteiger partial charge in [-0.05, 0) is 73.2 Å². The summed E-state index contributed by atoms with van der Waals surface area (Å²) in [5.41, 5.74) is 5.16. The molecule has 1 amide bonds. The number of methoxy groups -OCH3 is 1. The van der Waals surface area contributed by atoms with Gasteiger partial charge in [-0.2, -0.15) is 5.10 Å². The number of piperidine rings is 1. The van der Waals surface area contributed by atoms with Gasteiger partial charge >= 0.3 is 0 Å². The second kappa shape index (κ2) is 11.4. The Bertz CT molecular complexity index is 1650. The van der Waals surface area contributed by atoms with Gasteiger partial charge in [-0.15, -0.1) is 0 Å². The third-order valence-electron chi connectivity index (χ3n) is 7.60. The van der Waals surface area contributed by atoms with Gasteiger partial charge in [0.1, 0.15) is 17.3 Å². The number of imidazole rings is 1. The summed E-state index contributed by atoms with van der Waals surface area (Å²) in [7, 11) is 1.64. The molecule has 0 aliphatic carbocycles. The largest absolute Gasteiger partial charge is 0.497 e. The molecule has 0 saturated carbocycles. The first-order chi connectivity index (χ1) is 20.0. The number of amides is 1. The number of H-pyrrole nitrogens is 1. The Labute approximate surface area is 238 Å². The summed E-state index contributed by atoms with van der Waals surface area (Å²) < 4.78 is 7.13. The van der Waals surface area contributed by atoms with Crippen molar-refractivity contribution in [1.82, 2.24) is 24.7 Å². The van der Waals surface area contributed by atoms with E-state index in [-0.39, 0.29) is 12.5 Å².